The molecule has 0 aromatic carbocycles. The van der Waals surface area contributed by atoms with Crippen LogP contribution in [0.5, 0.6) is 0 Å². The molecule has 1 rings (SSSR count). The van der Waals surface area contributed by atoms with Crippen LogP contribution in [0, 0.1) is 0 Å². The van der Waals surface area contributed by atoms with Crippen molar-refractivity contribution < 1.29 is 0 Å². The van der Waals surface area contributed by atoms with E-state index in [1.54, 1.807) is 0 Å². The smallest absolute Gasteiger partial charge is 0.106 e. The van der Waals surface area contributed by atoms with E-state index in [4.69, 9.17) is 0 Å². The number of piperidine rings is 1. The summed E-state index contributed by atoms with van der Waals surface area (Å²) in [4.78, 5) is 0. The Kier molecular flexibility index (Phi) is 3.35. The number of thiol groups is 3. The molecule has 0 amide bonds. The van der Waals surface area contributed by atoms with Gasteiger partial charge < -0.3 is 0 Å². The maximum absolute atomic E-state index is 4.43. The fourth-order valence-corrected chi connectivity index (χ4v) is 2.23. The molecule has 10 heavy (non-hydrogen) atoms. The van der Waals surface area contributed by atoms with Gasteiger partial charge in [0.25, 0.3) is 0 Å². The second-order valence-electron chi connectivity index (χ2n) is 2.88. The van der Waals surface area contributed by atoms with Crippen LogP contribution in [0.2, 0.25) is 5.82 Å². The van der Waals surface area contributed by atoms with Gasteiger partial charge in [0.05, 0.1) is 5.37 Å². The zero-order chi connectivity index (χ0) is 7.72. The summed E-state index contributed by atoms with van der Waals surface area (Å²) in [7, 11) is 2.21. The van der Waals surface area contributed by atoms with Crippen molar-refractivity contribution in [3.05, 3.63) is 0 Å². The molecule has 0 aromatic rings. The van der Waals surface area contributed by atoms with Gasteiger partial charge in [0.15, 0.2) is 0 Å². The van der Waals surface area contributed by atoms with Crippen molar-refractivity contribution >= 4 is 45.9 Å². The van der Waals surface area contributed by atoms with Crippen LogP contribution in [0.3, 0.4) is 0 Å². The van der Waals surface area contributed by atoms with E-state index in [1.807, 2.05) is 4.31 Å². The first-order valence-electron chi connectivity index (χ1n) is 3.43. The highest BCUT2D eigenvalue weighted by atomic mass is 32.1. The molecule has 0 aromatic heterocycles. The molecule has 0 N–H and O–H groups in total. The lowest BCUT2D eigenvalue weighted by molar-refractivity contribution is 0.367. The highest BCUT2D eigenvalue weighted by molar-refractivity contribution is 7.83. The zero-order valence-corrected chi connectivity index (χ0v) is 8.62. The normalized spacial score (nSPS) is 43.7. The van der Waals surface area contributed by atoms with E-state index in [0.29, 0.717) is 16.4 Å². The average Bonchev–Trinajstić information content (AvgIpc) is 1.84. The Morgan fingerprint density at radius 3 is 2.50 bits per heavy atom. The van der Waals surface area contributed by atoms with Gasteiger partial charge in [-0.1, -0.05) is 18.6 Å². The summed E-state index contributed by atoms with van der Waals surface area (Å²) in [5, 5.41) is 0.766. The maximum Gasteiger partial charge on any atom is 0.106 e. The van der Waals surface area contributed by atoms with Crippen molar-refractivity contribution in [2.24, 2.45) is 0 Å². The van der Waals surface area contributed by atoms with Crippen LogP contribution in [0.25, 0.3) is 0 Å². The summed E-state index contributed by atoms with van der Waals surface area (Å²) in [5.41, 5.74) is 0. The summed E-state index contributed by atoms with van der Waals surface area (Å²) in [6.45, 7) is 0.932. The fourth-order valence-electron chi connectivity index (χ4n) is 1.10. The molecular weight excluding hydrogens is 181 g/mol. The third-order valence-electron chi connectivity index (χ3n) is 1.96. The standard InChI is InChI=1S/C5H12BNS3/c6-3-1-5(9)7(10)2-4(3)8/h3-5,8-10H,1-2,6H2. The van der Waals surface area contributed by atoms with Crippen LogP contribution in [-0.2, 0) is 0 Å². The number of hydrogen-bond donors (Lipinski definition) is 3. The minimum Gasteiger partial charge on any atom is -0.239 e. The SMILES string of the molecule is BC1CC(S)N(S)CC1S. The monoisotopic (exact) mass is 193 g/mol. The van der Waals surface area contributed by atoms with E-state index in [0.717, 1.165) is 13.0 Å². The van der Waals surface area contributed by atoms with Crippen LogP contribution in [0.15, 0.2) is 0 Å². The minimum absolute atomic E-state index is 0.307. The van der Waals surface area contributed by atoms with Crippen molar-refractivity contribution in [2.75, 3.05) is 6.54 Å². The Morgan fingerprint density at radius 2 is 2.00 bits per heavy atom. The molecule has 1 aliphatic rings. The third kappa shape index (κ3) is 2.03. The van der Waals surface area contributed by atoms with Gasteiger partial charge in [0.2, 0.25) is 0 Å². The summed E-state index contributed by atoms with van der Waals surface area (Å²) in [6.07, 6.45) is 1.08. The minimum atomic E-state index is 0.307. The Balaban J connectivity index is 2.46. The quantitative estimate of drug-likeness (QED) is 0.373. The molecule has 1 fully saturated rings. The van der Waals surface area contributed by atoms with E-state index in [-0.39, 0.29) is 0 Å². The molecular formula is C5H12BNS3. The summed E-state index contributed by atoms with van der Waals surface area (Å²) < 4.78 is 1.95. The lowest BCUT2D eigenvalue weighted by atomic mass is 9.79. The van der Waals surface area contributed by atoms with Crippen LogP contribution in [0.1, 0.15) is 6.42 Å². The predicted molar refractivity (Wildman–Crippen MR) is 58.2 cm³/mol. The first-order chi connectivity index (χ1) is 4.61. The summed E-state index contributed by atoms with van der Waals surface area (Å²) in [6, 6.07) is 0. The largest absolute Gasteiger partial charge is 0.239 e. The molecule has 0 aliphatic carbocycles. The van der Waals surface area contributed by atoms with Crippen LogP contribution < -0.4 is 0 Å². The highest BCUT2D eigenvalue weighted by Gasteiger charge is 2.27. The zero-order valence-electron chi connectivity index (χ0n) is 5.94. The molecule has 0 saturated carbocycles. The van der Waals surface area contributed by atoms with Crippen LogP contribution >= 0.6 is 38.1 Å². The molecule has 5 heteroatoms. The number of hydrogen-bond acceptors (Lipinski definition) is 4. The van der Waals surface area contributed by atoms with Crippen molar-refractivity contribution in [2.45, 2.75) is 22.9 Å². The summed E-state index contributed by atoms with van der Waals surface area (Å²) >= 11 is 13.1. The van der Waals surface area contributed by atoms with Crippen molar-refractivity contribution in [1.29, 1.82) is 0 Å². The Bertz CT molecular complexity index is 97.5. The lowest BCUT2D eigenvalue weighted by Gasteiger charge is -2.35. The average molecular weight is 193 g/mol. The van der Waals surface area contributed by atoms with Crippen molar-refractivity contribution in [3.63, 3.8) is 0 Å². The van der Waals surface area contributed by atoms with Gasteiger partial charge in [-0.3, -0.25) is 0 Å². The molecule has 1 heterocycles. The first-order valence-corrected chi connectivity index (χ1v) is 4.86. The van der Waals surface area contributed by atoms with Crippen LogP contribution in [-0.4, -0.2) is 29.3 Å². The lowest BCUT2D eigenvalue weighted by Crippen LogP contribution is -2.38. The highest BCUT2D eigenvalue weighted by Crippen LogP contribution is 2.31. The van der Waals surface area contributed by atoms with Gasteiger partial charge in [-0.05, 0) is 6.42 Å². The van der Waals surface area contributed by atoms with Gasteiger partial charge in [0, 0.05) is 11.8 Å². The van der Waals surface area contributed by atoms with E-state index in [2.05, 4.69) is 45.9 Å². The Morgan fingerprint density at radius 1 is 1.40 bits per heavy atom. The van der Waals surface area contributed by atoms with Crippen molar-refractivity contribution in [3.8, 4) is 0 Å². The van der Waals surface area contributed by atoms with E-state index < -0.39 is 0 Å². The summed E-state index contributed by atoms with van der Waals surface area (Å²) in [5.74, 6) is 0.661. The van der Waals surface area contributed by atoms with Crippen molar-refractivity contribution in [1.82, 2.24) is 4.31 Å². The third-order valence-corrected chi connectivity index (χ3v) is 3.74. The second kappa shape index (κ2) is 3.65. The number of nitrogens with zero attached hydrogens (tertiary/aromatic N) is 1. The first kappa shape index (κ1) is 9.17. The molecule has 0 bridgehead atoms. The molecule has 1 nitrogen and oxygen atoms in total. The van der Waals surface area contributed by atoms with E-state index in [1.165, 1.54) is 0 Å². The number of rotatable bonds is 0. The Hall–Kier alpha value is 1.07. The molecule has 58 valence electrons. The molecule has 0 radical (unpaired) electrons. The molecule has 3 unspecified atom stereocenters. The fraction of sp³-hybridized carbons (Fsp3) is 1.00. The Labute approximate surface area is 79.7 Å². The topological polar surface area (TPSA) is 3.24 Å². The second-order valence-corrected chi connectivity index (χ2v) is 4.66. The van der Waals surface area contributed by atoms with Gasteiger partial charge in [-0.25, -0.2) is 4.31 Å². The molecule has 3 atom stereocenters. The molecule has 1 aliphatic heterocycles. The maximum atomic E-state index is 4.43. The molecule has 1 saturated heterocycles. The molecule has 0 spiro atoms. The van der Waals surface area contributed by atoms with Gasteiger partial charge in [-0.15, -0.1) is 0 Å². The van der Waals surface area contributed by atoms with Gasteiger partial charge in [-0.2, -0.15) is 25.3 Å². The van der Waals surface area contributed by atoms with E-state index in [9.17, 15) is 0 Å². The predicted octanol–water partition coefficient (Wildman–Crippen LogP) is 0.513. The van der Waals surface area contributed by atoms with Gasteiger partial charge in [0.1, 0.15) is 7.85 Å². The van der Waals surface area contributed by atoms with Crippen LogP contribution in [0.4, 0.5) is 0 Å². The van der Waals surface area contributed by atoms with E-state index >= 15 is 0 Å². The van der Waals surface area contributed by atoms with Gasteiger partial charge >= 0.3 is 0 Å².